The first-order valence-corrected chi connectivity index (χ1v) is 4.47. The van der Waals surface area contributed by atoms with Gasteiger partial charge in [0, 0.05) is 12.8 Å². The van der Waals surface area contributed by atoms with Crippen molar-refractivity contribution in [2.45, 2.75) is 39.2 Å². The van der Waals surface area contributed by atoms with Gasteiger partial charge in [0.2, 0.25) is 0 Å². The number of carbonyl (C=O) groups excluding carboxylic acids is 1. The Morgan fingerprint density at radius 1 is 1.46 bits per heavy atom. The van der Waals surface area contributed by atoms with Crippen LogP contribution in [0.4, 0.5) is 0 Å². The predicted octanol–water partition coefficient (Wildman–Crippen LogP) is 0.794. The Balaban J connectivity index is 3.80. The van der Waals surface area contributed by atoms with Crippen LogP contribution >= 0.6 is 0 Å². The molecule has 4 nitrogen and oxygen atoms in total. The molecule has 0 aliphatic carbocycles. The number of aliphatic carboxylic acids is 1. The van der Waals surface area contributed by atoms with E-state index in [0.717, 1.165) is 0 Å². The van der Waals surface area contributed by atoms with Gasteiger partial charge in [-0.3, -0.25) is 9.59 Å². The SMILES string of the molecule is CCC(=O)CC(C)C[C@H](N)C(=O)O. The van der Waals surface area contributed by atoms with Crippen LogP contribution in [0.1, 0.15) is 33.1 Å². The molecule has 0 spiro atoms. The van der Waals surface area contributed by atoms with Gasteiger partial charge in [0.25, 0.3) is 0 Å². The summed E-state index contributed by atoms with van der Waals surface area (Å²) < 4.78 is 0. The zero-order valence-corrected chi connectivity index (χ0v) is 8.12. The number of carboxylic acids is 1. The van der Waals surface area contributed by atoms with Crippen molar-refractivity contribution < 1.29 is 14.7 Å². The largest absolute Gasteiger partial charge is 0.480 e. The van der Waals surface area contributed by atoms with Gasteiger partial charge in [-0.05, 0) is 12.3 Å². The lowest BCUT2D eigenvalue weighted by Gasteiger charge is -2.12. The molecule has 76 valence electrons. The molecule has 0 saturated heterocycles. The van der Waals surface area contributed by atoms with Gasteiger partial charge in [-0.15, -0.1) is 0 Å². The average Bonchev–Trinajstić information content (AvgIpc) is 2.03. The third-order valence-electron chi connectivity index (χ3n) is 1.94. The van der Waals surface area contributed by atoms with Crippen molar-refractivity contribution >= 4 is 11.8 Å². The number of hydrogen-bond donors (Lipinski definition) is 2. The minimum Gasteiger partial charge on any atom is -0.480 e. The van der Waals surface area contributed by atoms with Gasteiger partial charge in [-0.1, -0.05) is 13.8 Å². The number of carbonyl (C=O) groups is 2. The summed E-state index contributed by atoms with van der Waals surface area (Å²) in [6, 6.07) is -0.848. The number of nitrogens with two attached hydrogens (primary N) is 1. The highest BCUT2D eigenvalue weighted by molar-refractivity contribution is 5.78. The van der Waals surface area contributed by atoms with Crippen LogP contribution in [0, 0.1) is 5.92 Å². The second-order valence-electron chi connectivity index (χ2n) is 3.38. The first-order chi connectivity index (χ1) is 5.97. The van der Waals surface area contributed by atoms with Crippen molar-refractivity contribution in [3.63, 3.8) is 0 Å². The third-order valence-corrected chi connectivity index (χ3v) is 1.94. The van der Waals surface area contributed by atoms with E-state index in [4.69, 9.17) is 10.8 Å². The van der Waals surface area contributed by atoms with Crippen molar-refractivity contribution in [1.29, 1.82) is 0 Å². The molecule has 4 heteroatoms. The molecule has 0 aromatic rings. The molecular weight excluding hydrogens is 170 g/mol. The molecule has 0 fully saturated rings. The summed E-state index contributed by atoms with van der Waals surface area (Å²) in [6.07, 6.45) is 1.30. The van der Waals surface area contributed by atoms with Gasteiger partial charge in [-0.25, -0.2) is 0 Å². The fourth-order valence-electron chi connectivity index (χ4n) is 1.15. The quantitative estimate of drug-likeness (QED) is 0.644. The zero-order valence-electron chi connectivity index (χ0n) is 8.12. The van der Waals surface area contributed by atoms with Gasteiger partial charge in [-0.2, -0.15) is 0 Å². The van der Waals surface area contributed by atoms with E-state index in [1.54, 1.807) is 6.92 Å². The van der Waals surface area contributed by atoms with Gasteiger partial charge >= 0.3 is 5.97 Å². The molecule has 0 bridgehead atoms. The van der Waals surface area contributed by atoms with E-state index in [-0.39, 0.29) is 11.7 Å². The Morgan fingerprint density at radius 2 is 2.00 bits per heavy atom. The number of Topliss-reactive ketones (excluding diaryl/α,β-unsaturated/α-hetero) is 1. The van der Waals surface area contributed by atoms with Crippen LogP contribution in [0.3, 0.4) is 0 Å². The molecule has 0 saturated carbocycles. The van der Waals surface area contributed by atoms with Crippen LogP contribution in [-0.2, 0) is 9.59 Å². The molecule has 0 rings (SSSR count). The number of carboxylic acid groups (broad SMARTS) is 1. The molecule has 2 atom stereocenters. The lowest BCUT2D eigenvalue weighted by atomic mass is 9.96. The molecule has 1 unspecified atom stereocenters. The Morgan fingerprint density at radius 3 is 2.38 bits per heavy atom. The van der Waals surface area contributed by atoms with Crippen molar-refractivity contribution in [2.75, 3.05) is 0 Å². The van der Waals surface area contributed by atoms with Crippen LogP contribution in [0.5, 0.6) is 0 Å². The zero-order chi connectivity index (χ0) is 10.4. The van der Waals surface area contributed by atoms with E-state index in [1.807, 2.05) is 6.92 Å². The lowest BCUT2D eigenvalue weighted by molar-refractivity contribution is -0.139. The predicted molar refractivity (Wildman–Crippen MR) is 49.3 cm³/mol. The second kappa shape index (κ2) is 5.70. The van der Waals surface area contributed by atoms with E-state index < -0.39 is 12.0 Å². The van der Waals surface area contributed by atoms with Crippen LogP contribution < -0.4 is 5.73 Å². The van der Waals surface area contributed by atoms with Crippen molar-refractivity contribution in [2.24, 2.45) is 11.7 Å². The highest BCUT2D eigenvalue weighted by Crippen LogP contribution is 2.11. The smallest absolute Gasteiger partial charge is 0.320 e. The summed E-state index contributed by atoms with van der Waals surface area (Å²) >= 11 is 0. The van der Waals surface area contributed by atoms with Crippen molar-refractivity contribution in [3.05, 3.63) is 0 Å². The maximum atomic E-state index is 11.0. The van der Waals surface area contributed by atoms with Crippen LogP contribution in [0.15, 0.2) is 0 Å². The molecule has 0 aliphatic heterocycles. The van der Waals surface area contributed by atoms with Crippen LogP contribution in [-0.4, -0.2) is 22.9 Å². The maximum Gasteiger partial charge on any atom is 0.320 e. The monoisotopic (exact) mass is 187 g/mol. The fourth-order valence-corrected chi connectivity index (χ4v) is 1.15. The van der Waals surface area contributed by atoms with Gasteiger partial charge < -0.3 is 10.8 Å². The van der Waals surface area contributed by atoms with Gasteiger partial charge in [0.15, 0.2) is 0 Å². The van der Waals surface area contributed by atoms with E-state index in [9.17, 15) is 9.59 Å². The lowest BCUT2D eigenvalue weighted by Crippen LogP contribution is -2.32. The molecule has 0 amide bonds. The Hall–Kier alpha value is -0.900. The maximum absolute atomic E-state index is 11.0. The Labute approximate surface area is 78.1 Å². The first kappa shape index (κ1) is 12.1. The molecule has 0 aromatic carbocycles. The van der Waals surface area contributed by atoms with Crippen molar-refractivity contribution in [1.82, 2.24) is 0 Å². The highest BCUT2D eigenvalue weighted by atomic mass is 16.4. The van der Waals surface area contributed by atoms with E-state index >= 15 is 0 Å². The first-order valence-electron chi connectivity index (χ1n) is 4.47. The third kappa shape index (κ3) is 5.36. The minimum atomic E-state index is -1.00. The summed E-state index contributed by atoms with van der Waals surface area (Å²) in [5.41, 5.74) is 5.32. The summed E-state index contributed by atoms with van der Waals surface area (Å²) in [4.78, 5) is 21.4. The molecule has 0 aliphatic rings. The Kier molecular flexibility index (Phi) is 5.30. The normalized spacial score (nSPS) is 15.0. The van der Waals surface area contributed by atoms with E-state index in [0.29, 0.717) is 19.3 Å². The fraction of sp³-hybridized carbons (Fsp3) is 0.778. The topological polar surface area (TPSA) is 80.4 Å². The molecule has 13 heavy (non-hydrogen) atoms. The molecular formula is C9H17NO3. The minimum absolute atomic E-state index is 0.0542. The number of hydrogen-bond acceptors (Lipinski definition) is 3. The van der Waals surface area contributed by atoms with Gasteiger partial charge in [0.05, 0.1) is 0 Å². The summed E-state index contributed by atoms with van der Waals surface area (Å²) in [6.45, 7) is 3.64. The van der Waals surface area contributed by atoms with Crippen molar-refractivity contribution in [3.8, 4) is 0 Å². The molecule has 0 radical (unpaired) electrons. The van der Waals surface area contributed by atoms with Crippen LogP contribution in [0.25, 0.3) is 0 Å². The average molecular weight is 187 g/mol. The summed E-state index contributed by atoms with van der Waals surface area (Å²) in [5.74, 6) is -0.792. The molecule has 3 N–H and O–H groups in total. The molecule has 0 heterocycles. The highest BCUT2D eigenvalue weighted by Gasteiger charge is 2.16. The number of rotatable bonds is 6. The summed E-state index contributed by atoms with van der Waals surface area (Å²) in [5, 5.41) is 8.51. The molecule has 0 aromatic heterocycles. The standard InChI is InChI=1S/C9H17NO3/c1-3-7(11)4-6(2)5-8(10)9(12)13/h6,8H,3-5,10H2,1-2H3,(H,12,13)/t6?,8-/m0/s1. The van der Waals surface area contributed by atoms with E-state index in [1.165, 1.54) is 0 Å². The van der Waals surface area contributed by atoms with Gasteiger partial charge in [0.1, 0.15) is 11.8 Å². The Bertz CT molecular complexity index is 191. The second-order valence-corrected chi connectivity index (χ2v) is 3.38. The summed E-state index contributed by atoms with van der Waals surface area (Å²) in [7, 11) is 0. The number of ketones is 1. The van der Waals surface area contributed by atoms with E-state index in [2.05, 4.69) is 0 Å². The van der Waals surface area contributed by atoms with Crippen LogP contribution in [0.2, 0.25) is 0 Å².